The van der Waals surface area contributed by atoms with Crippen molar-refractivity contribution in [3.05, 3.63) is 28.5 Å². The molecule has 13 heavy (non-hydrogen) atoms. The molecule has 1 aromatic carbocycles. The molecule has 0 spiro atoms. The summed E-state index contributed by atoms with van der Waals surface area (Å²) in [6.07, 6.45) is 0.767. The molecule has 4 heteroatoms. The van der Waals surface area contributed by atoms with E-state index in [9.17, 15) is 4.39 Å². The summed E-state index contributed by atoms with van der Waals surface area (Å²) in [7, 11) is 0. The van der Waals surface area contributed by atoms with Gasteiger partial charge in [0.25, 0.3) is 0 Å². The van der Waals surface area contributed by atoms with Gasteiger partial charge in [-0.3, -0.25) is 0 Å². The van der Waals surface area contributed by atoms with Crippen LogP contribution in [0.4, 0.5) is 4.39 Å². The average Bonchev–Trinajstić information content (AvgIpc) is 2.11. The lowest BCUT2D eigenvalue weighted by atomic mass is 10.3. The summed E-state index contributed by atoms with van der Waals surface area (Å²) in [6.45, 7) is 1.09. The summed E-state index contributed by atoms with van der Waals surface area (Å²) in [6, 6.07) is 4.34. The molecule has 2 nitrogen and oxygen atoms in total. The highest BCUT2D eigenvalue weighted by Gasteiger charge is 2.01. The molecule has 0 atom stereocenters. The van der Waals surface area contributed by atoms with Crippen molar-refractivity contribution >= 4 is 15.9 Å². The van der Waals surface area contributed by atoms with E-state index in [-0.39, 0.29) is 5.82 Å². The standard InChI is InChI=1S/C9H11BrFNO/c10-8-3-2-7(11)6-9(8)13-5-1-4-12/h2-3,6H,1,4-5,12H2. The third-order valence-electron chi connectivity index (χ3n) is 1.50. The van der Waals surface area contributed by atoms with Gasteiger partial charge in [0, 0.05) is 6.07 Å². The van der Waals surface area contributed by atoms with Gasteiger partial charge in [0.2, 0.25) is 0 Å². The van der Waals surface area contributed by atoms with Gasteiger partial charge in [-0.15, -0.1) is 0 Å². The Labute approximate surface area is 85.0 Å². The largest absolute Gasteiger partial charge is 0.492 e. The molecule has 72 valence electrons. The molecule has 0 saturated carbocycles. The molecule has 0 aromatic heterocycles. The lowest BCUT2D eigenvalue weighted by Gasteiger charge is -2.06. The van der Waals surface area contributed by atoms with Crippen LogP contribution in [0.15, 0.2) is 22.7 Å². The number of halogens is 2. The third kappa shape index (κ3) is 3.32. The van der Waals surface area contributed by atoms with Crippen LogP contribution in [0.5, 0.6) is 5.75 Å². The summed E-state index contributed by atoms with van der Waals surface area (Å²) in [5.74, 6) is 0.222. The molecule has 0 amide bonds. The summed E-state index contributed by atoms with van der Waals surface area (Å²) in [5.41, 5.74) is 5.29. The highest BCUT2D eigenvalue weighted by atomic mass is 79.9. The minimum Gasteiger partial charge on any atom is -0.492 e. The molecular weight excluding hydrogens is 237 g/mol. The maximum absolute atomic E-state index is 12.7. The predicted molar refractivity (Wildman–Crippen MR) is 53.3 cm³/mol. The van der Waals surface area contributed by atoms with E-state index in [0.29, 0.717) is 18.9 Å². The molecular formula is C9H11BrFNO. The van der Waals surface area contributed by atoms with Crippen molar-refractivity contribution in [2.45, 2.75) is 6.42 Å². The van der Waals surface area contributed by atoms with E-state index >= 15 is 0 Å². The first kappa shape index (κ1) is 10.5. The molecule has 0 bridgehead atoms. The smallest absolute Gasteiger partial charge is 0.136 e. The summed E-state index contributed by atoms with van der Waals surface area (Å²) >= 11 is 3.26. The van der Waals surface area contributed by atoms with Crippen molar-refractivity contribution in [2.75, 3.05) is 13.2 Å². The Kier molecular flexibility index (Phi) is 4.18. The molecule has 2 N–H and O–H groups in total. The first-order valence-electron chi connectivity index (χ1n) is 4.02. The Balaban J connectivity index is 2.59. The zero-order valence-corrected chi connectivity index (χ0v) is 8.68. The fourth-order valence-electron chi connectivity index (χ4n) is 0.853. The van der Waals surface area contributed by atoms with Crippen LogP contribution >= 0.6 is 15.9 Å². The second-order valence-corrected chi connectivity index (χ2v) is 3.42. The topological polar surface area (TPSA) is 35.2 Å². The van der Waals surface area contributed by atoms with E-state index in [0.717, 1.165) is 10.9 Å². The first-order valence-corrected chi connectivity index (χ1v) is 4.81. The fourth-order valence-corrected chi connectivity index (χ4v) is 1.21. The minimum absolute atomic E-state index is 0.300. The number of hydrogen-bond donors (Lipinski definition) is 1. The molecule has 0 heterocycles. The Hall–Kier alpha value is -0.610. The van der Waals surface area contributed by atoms with Crippen molar-refractivity contribution in [3.63, 3.8) is 0 Å². The number of hydrogen-bond acceptors (Lipinski definition) is 2. The highest BCUT2D eigenvalue weighted by molar-refractivity contribution is 9.10. The average molecular weight is 248 g/mol. The van der Waals surface area contributed by atoms with Crippen LogP contribution in [0.3, 0.4) is 0 Å². The lowest BCUT2D eigenvalue weighted by Crippen LogP contribution is -2.06. The van der Waals surface area contributed by atoms with Crippen LogP contribution < -0.4 is 10.5 Å². The maximum atomic E-state index is 12.7. The van der Waals surface area contributed by atoms with Crippen LogP contribution in [-0.4, -0.2) is 13.2 Å². The number of benzene rings is 1. The quantitative estimate of drug-likeness (QED) is 0.830. The third-order valence-corrected chi connectivity index (χ3v) is 2.15. The zero-order valence-electron chi connectivity index (χ0n) is 7.09. The first-order chi connectivity index (χ1) is 6.24. The molecule has 0 unspecified atom stereocenters. The van der Waals surface area contributed by atoms with Gasteiger partial charge in [-0.1, -0.05) is 0 Å². The molecule has 0 aliphatic carbocycles. The van der Waals surface area contributed by atoms with Gasteiger partial charge in [0.05, 0.1) is 11.1 Å². The Morgan fingerprint density at radius 3 is 2.92 bits per heavy atom. The normalized spacial score (nSPS) is 10.1. The van der Waals surface area contributed by atoms with Crippen molar-refractivity contribution in [1.29, 1.82) is 0 Å². The SMILES string of the molecule is NCCCOc1cc(F)ccc1Br. The van der Waals surface area contributed by atoms with Crippen molar-refractivity contribution in [3.8, 4) is 5.75 Å². The number of ether oxygens (including phenoxy) is 1. The molecule has 0 aliphatic heterocycles. The molecule has 0 fully saturated rings. The predicted octanol–water partition coefficient (Wildman–Crippen LogP) is 2.32. The van der Waals surface area contributed by atoms with Crippen LogP contribution in [-0.2, 0) is 0 Å². The molecule has 0 radical (unpaired) electrons. The van der Waals surface area contributed by atoms with Gasteiger partial charge in [0.15, 0.2) is 0 Å². The van der Waals surface area contributed by atoms with Crippen LogP contribution in [0.25, 0.3) is 0 Å². The van der Waals surface area contributed by atoms with E-state index in [2.05, 4.69) is 15.9 Å². The lowest BCUT2D eigenvalue weighted by molar-refractivity contribution is 0.310. The van der Waals surface area contributed by atoms with Crippen molar-refractivity contribution in [2.24, 2.45) is 5.73 Å². The van der Waals surface area contributed by atoms with Gasteiger partial charge in [0.1, 0.15) is 11.6 Å². The van der Waals surface area contributed by atoms with Crippen molar-refractivity contribution < 1.29 is 9.13 Å². The van der Waals surface area contributed by atoms with Gasteiger partial charge in [-0.2, -0.15) is 0 Å². The van der Waals surface area contributed by atoms with E-state index < -0.39 is 0 Å². The summed E-state index contributed by atoms with van der Waals surface area (Å²) < 4.78 is 18.8. The van der Waals surface area contributed by atoms with Crippen LogP contribution in [0, 0.1) is 5.82 Å². The second-order valence-electron chi connectivity index (χ2n) is 2.57. The van der Waals surface area contributed by atoms with Crippen LogP contribution in [0.2, 0.25) is 0 Å². The number of rotatable bonds is 4. The minimum atomic E-state index is -0.300. The van der Waals surface area contributed by atoms with E-state index in [4.69, 9.17) is 10.5 Å². The molecule has 1 rings (SSSR count). The van der Waals surface area contributed by atoms with E-state index in [1.165, 1.54) is 12.1 Å². The maximum Gasteiger partial charge on any atom is 0.136 e. The second kappa shape index (κ2) is 5.19. The monoisotopic (exact) mass is 247 g/mol. The Morgan fingerprint density at radius 2 is 2.23 bits per heavy atom. The zero-order chi connectivity index (χ0) is 9.68. The fraction of sp³-hybridized carbons (Fsp3) is 0.333. The molecule has 0 saturated heterocycles. The molecule has 1 aromatic rings. The summed E-state index contributed by atoms with van der Waals surface area (Å²) in [4.78, 5) is 0. The van der Waals surface area contributed by atoms with Gasteiger partial charge in [-0.25, -0.2) is 4.39 Å². The van der Waals surface area contributed by atoms with Crippen molar-refractivity contribution in [1.82, 2.24) is 0 Å². The Morgan fingerprint density at radius 1 is 1.46 bits per heavy atom. The van der Waals surface area contributed by atoms with Gasteiger partial charge >= 0.3 is 0 Å². The highest BCUT2D eigenvalue weighted by Crippen LogP contribution is 2.25. The van der Waals surface area contributed by atoms with Gasteiger partial charge < -0.3 is 10.5 Å². The Bertz CT molecular complexity index is 280. The summed E-state index contributed by atoms with van der Waals surface area (Å²) in [5, 5.41) is 0. The van der Waals surface area contributed by atoms with Crippen LogP contribution in [0.1, 0.15) is 6.42 Å². The van der Waals surface area contributed by atoms with Gasteiger partial charge in [-0.05, 0) is 41.0 Å². The van der Waals surface area contributed by atoms with E-state index in [1.807, 2.05) is 0 Å². The molecule has 0 aliphatic rings. The number of nitrogens with two attached hydrogens (primary N) is 1. The van der Waals surface area contributed by atoms with E-state index in [1.54, 1.807) is 6.07 Å².